The summed E-state index contributed by atoms with van der Waals surface area (Å²) >= 11 is 0. The minimum absolute atomic E-state index is 0.0171. The van der Waals surface area contributed by atoms with Crippen LogP contribution in [0.3, 0.4) is 0 Å². The van der Waals surface area contributed by atoms with Crippen LogP contribution in [0.4, 0.5) is 24.5 Å². The molecule has 0 aromatic heterocycles. The van der Waals surface area contributed by atoms with Gasteiger partial charge in [0.2, 0.25) is 0 Å². The lowest BCUT2D eigenvalue weighted by atomic mass is 10.2. The largest absolute Gasteiger partial charge is 0.493 e. The first-order valence-corrected chi connectivity index (χ1v) is 11.7. The van der Waals surface area contributed by atoms with Crippen molar-refractivity contribution in [1.29, 1.82) is 0 Å². The van der Waals surface area contributed by atoms with E-state index >= 15 is 0 Å². The van der Waals surface area contributed by atoms with Gasteiger partial charge in [-0.1, -0.05) is 12.1 Å². The number of benzene rings is 3. The number of alkyl halides is 3. The Labute approximate surface area is 222 Å². The molecule has 0 aliphatic heterocycles. The molecule has 0 aliphatic rings. The normalized spacial score (nSPS) is 11.3. The fourth-order valence-corrected chi connectivity index (χ4v) is 3.38. The van der Waals surface area contributed by atoms with E-state index in [-0.39, 0.29) is 42.4 Å². The Morgan fingerprint density at radius 1 is 0.923 bits per heavy atom. The molecule has 0 unspecified atom stereocenters. The Hall–Kier alpha value is -4.67. The molecule has 0 amide bonds. The van der Waals surface area contributed by atoms with E-state index in [2.05, 4.69) is 0 Å². The second-order valence-electron chi connectivity index (χ2n) is 8.34. The van der Waals surface area contributed by atoms with Crippen LogP contribution in [0.2, 0.25) is 0 Å². The van der Waals surface area contributed by atoms with Gasteiger partial charge < -0.3 is 30.4 Å². The van der Waals surface area contributed by atoms with Gasteiger partial charge in [-0.15, -0.1) is 0 Å². The quantitative estimate of drug-likeness (QED) is 0.106. The zero-order chi connectivity index (χ0) is 28.4. The van der Waals surface area contributed by atoms with Gasteiger partial charge in [0.15, 0.2) is 11.5 Å². The number of esters is 2. The van der Waals surface area contributed by atoms with Gasteiger partial charge in [0.05, 0.1) is 19.3 Å². The minimum Gasteiger partial charge on any atom is -0.493 e. The summed E-state index contributed by atoms with van der Waals surface area (Å²) in [7, 11) is 1.35. The van der Waals surface area contributed by atoms with Gasteiger partial charge in [-0.3, -0.25) is 0 Å². The second-order valence-corrected chi connectivity index (χ2v) is 8.34. The van der Waals surface area contributed by atoms with Crippen LogP contribution in [-0.4, -0.2) is 31.8 Å². The van der Waals surface area contributed by atoms with E-state index in [0.717, 1.165) is 0 Å². The summed E-state index contributed by atoms with van der Waals surface area (Å²) in [6.45, 7) is -0.140. The van der Waals surface area contributed by atoms with Crippen LogP contribution in [-0.2, 0) is 16.1 Å². The molecule has 3 aromatic rings. The third-order valence-electron chi connectivity index (χ3n) is 5.18. The Kier molecular flexibility index (Phi) is 9.80. The van der Waals surface area contributed by atoms with Gasteiger partial charge in [0.25, 0.3) is 0 Å². The lowest BCUT2D eigenvalue weighted by Gasteiger charge is -2.12. The molecule has 0 atom stereocenters. The van der Waals surface area contributed by atoms with Crippen LogP contribution in [0.25, 0.3) is 6.08 Å². The van der Waals surface area contributed by atoms with E-state index in [4.69, 9.17) is 30.4 Å². The highest BCUT2D eigenvalue weighted by atomic mass is 19.4. The van der Waals surface area contributed by atoms with Crippen molar-refractivity contribution in [3.05, 3.63) is 83.4 Å². The first kappa shape index (κ1) is 28.9. The monoisotopic (exact) mass is 544 g/mol. The summed E-state index contributed by atoms with van der Waals surface area (Å²) < 4.78 is 57.9. The van der Waals surface area contributed by atoms with Crippen LogP contribution < -0.4 is 25.7 Å². The highest BCUT2D eigenvalue weighted by Gasteiger charge is 2.26. The molecule has 11 heteroatoms. The highest BCUT2D eigenvalue weighted by Crippen LogP contribution is 2.29. The zero-order valence-electron chi connectivity index (χ0n) is 21.0. The summed E-state index contributed by atoms with van der Waals surface area (Å²) in [4.78, 5) is 24.6. The van der Waals surface area contributed by atoms with Gasteiger partial charge >= 0.3 is 18.1 Å². The maximum atomic E-state index is 12.6. The number of anilines is 2. The molecule has 39 heavy (non-hydrogen) atoms. The van der Waals surface area contributed by atoms with Crippen LogP contribution in [0.15, 0.2) is 66.7 Å². The molecule has 206 valence electrons. The maximum Gasteiger partial charge on any atom is 0.389 e. The van der Waals surface area contributed by atoms with E-state index < -0.39 is 24.5 Å². The molecule has 0 radical (unpaired) electrons. The first-order chi connectivity index (χ1) is 18.5. The Morgan fingerprint density at radius 2 is 1.62 bits per heavy atom. The number of hydrogen-bond donors (Lipinski definition) is 2. The molecule has 0 bridgehead atoms. The third-order valence-corrected chi connectivity index (χ3v) is 5.18. The molecule has 3 aromatic carbocycles. The standard InChI is InChI=1S/C28H27F3N2O6/c1-36-25-15-20(6-9-24(25)37-12-2-11-28(29,30)31)27(35)39-23-7-3-18(4-8-23)5-10-26(34)38-17-19-13-21(32)16-22(33)14-19/h3-10,13-16H,2,11-12,17,32-33H2,1H3/b10-5+. The molecular formula is C28H27F3N2O6. The zero-order valence-corrected chi connectivity index (χ0v) is 21.0. The number of carbonyl (C=O) groups is 2. The van der Waals surface area contributed by atoms with Crippen LogP contribution in [0.5, 0.6) is 17.2 Å². The molecule has 0 saturated carbocycles. The van der Waals surface area contributed by atoms with Crippen molar-refractivity contribution in [2.24, 2.45) is 0 Å². The SMILES string of the molecule is COc1cc(C(=O)Oc2ccc(/C=C/C(=O)OCc3cc(N)cc(N)c3)cc2)ccc1OCCCC(F)(F)F. The average molecular weight is 545 g/mol. The predicted molar refractivity (Wildman–Crippen MR) is 139 cm³/mol. The van der Waals surface area contributed by atoms with Crippen molar-refractivity contribution in [3.8, 4) is 17.2 Å². The highest BCUT2D eigenvalue weighted by molar-refractivity contribution is 5.92. The summed E-state index contributed by atoms with van der Waals surface area (Å²) in [6.07, 6.45) is -2.62. The number of hydrogen-bond acceptors (Lipinski definition) is 8. The summed E-state index contributed by atoms with van der Waals surface area (Å²) in [5, 5.41) is 0. The van der Waals surface area contributed by atoms with E-state index in [9.17, 15) is 22.8 Å². The number of nitrogens with two attached hydrogens (primary N) is 2. The smallest absolute Gasteiger partial charge is 0.389 e. The second kappa shape index (κ2) is 13.2. The molecule has 4 N–H and O–H groups in total. The van der Waals surface area contributed by atoms with Crippen LogP contribution >= 0.6 is 0 Å². The molecule has 0 heterocycles. The molecule has 0 saturated heterocycles. The number of halogens is 3. The van der Waals surface area contributed by atoms with E-state index in [1.54, 1.807) is 48.5 Å². The number of methoxy groups -OCH3 is 1. The van der Waals surface area contributed by atoms with Crippen molar-refractivity contribution in [2.45, 2.75) is 25.6 Å². The van der Waals surface area contributed by atoms with E-state index in [0.29, 0.717) is 22.5 Å². The molecule has 0 aliphatic carbocycles. The van der Waals surface area contributed by atoms with Crippen LogP contribution in [0.1, 0.15) is 34.3 Å². The average Bonchev–Trinajstić information content (AvgIpc) is 2.88. The predicted octanol–water partition coefficient (Wildman–Crippen LogP) is 5.56. The number of carbonyl (C=O) groups excluding carboxylic acids is 2. The topological polar surface area (TPSA) is 123 Å². The fourth-order valence-electron chi connectivity index (χ4n) is 3.38. The van der Waals surface area contributed by atoms with E-state index in [1.807, 2.05) is 0 Å². The molecule has 0 fully saturated rings. The Balaban J connectivity index is 1.52. The third kappa shape index (κ3) is 9.62. The minimum atomic E-state index is -4.25. The van der Waals surface area contributed by atoms with Crippen molar-refractivity contribution in [2.75, 3.05) is 25.2 Å². The van der Waals surface area contributed by atoms with Gasteiger partial charge in [-0.2, -0.15) is 13.2 Å². The van der Waals surface area contributed by atoms with Crippen molar-refractivity contribution in [3.63, 3.8) is 0 Å². The first-order valence-electron chi connectivity index (χ1n) is 11.7. The van der Waals surface area contributed by atoms with Gasteiger partial charge in [-0.25, -0.2) is 9.59 Å². The summed E-state index contributed by atoms with van der Waals surface area (Å²) in [5.74, 6) is -0.587. The van der Waals surface area contributed by atoms with Crippen molar-refractivity contribution in [1.82, 2.24) is 0 Å². The van der Waals surface area contributed by atoms with E-state index in [1.165, 1.54) is 31.4 Å². The summed E-state index contributed by atoms with van der Waals surface area (Å²) in [6, 6.07) is 15.5. The number of rotatable bonds is 11. The van der Waals surface area contributed by atoms with Crippen LogP contribution in [0, 0.1) is 0 Å². The Morgan fingerprint density at radius 3 is 2.26 bits per heavy atom. The lowest BCUT2D eigenvalue weighted by Crippen LogP contribution is -2.11. The molecular weight excluding hydrogens is 517 g/mol. The van der Waals surface area contributed by atoms with Gasteiger partial charge in [0.1, 0.15) is 12.4 Å². The molecule has 8 nitrogen and oxygen atoms in total. The van der Waals surface area contributed by atoms with Gasteiger partial charge in [-0.05, 0) is 72.2 Å². The lowest BCUT2D eigenvalue weighted by molar-refractivity contribution is -0.139. The molecule has 3 rings (SSSR count). The Bertz CT molecular complexity index is 1300. The molecule has 0 spiro atoms. The van der Waals surface area contributed by atoms with Crippen molar-refractivity contribution < 1.29 is 41.7 Å². The fraction of sp³-hybridized carbons (Fsp3) is 0.214. The van der Waals surface area contributed by atoms with Gasteiger partial charge in [0, 0.05) is 23.9 Å². The number of ether oxygens (including phenoxy) is 4. The summed E-state index contributed by atoms with van der Waals surface area (Å²) in [5.41, 5.74) is 13.9. The maximum absolute atomic E-state index is 12.6. The number of nitrogen functional groups attached to an aromatic ring is 2. The van der Waals surface area contributed by atoms with Crippen molar-refractivity contribution >= 4 is 29.4 Å².